The van der Waals surface area contributed by atoms with Gasteiger partial charge in [-0.1, -0.05) is 0 Å². The molecule has 0 radical (unpaired) electrons. The topological polar surface area (TPSA) is 58.4 Å². The SMILES string of the molecule is Cc1ccsc1CCN(C)C(=O)NN. The van der Waals surface area contributed by atoms with Gasteiger partial charge in [0, 0.05) is 18.5 Å². The van der Waals surface area contributed by atoms with Crippen LogP contribution in [-0.4, -0.2) is 24.5 Å². The highest BCUT2D eigenvalue weighted by Crippen LogP contribution is 2.16. The van der Waals surface area contributed by atoms with E-state index in [0.717, 1.165) is 6.42 Å². The van der Waals surface area contributed by atoms with Crippen molar-refractivity contribution in [3.05, 3.63) is 21.9 Å². The van der Waals surface area contributed by atoms with Gasteiger partial charge in [-0.3, -0.25) is 5.43 Å². The summed E-state index contributed by atoms with van der Waals surface area (Å²) < 4.78 is 0. The Labute approximate surface area is 87.7 Å². The molecule has 3 N–H and O–H groups in total. The molecule has 0 fully saturated rings. The number of urea groups is 1. The number of likely N-dealkylation sites (N-methyl/N-ethyl adjacent to an activating group) is 1. The summed E-state index contributed by atoms with van der Waals surface area (Å²) in [5, 5.41) is 2.06. The van der Waals surface area contributed by atoms with Crippen LogP contribution >= 0.6 is 11.3 Å². The van der Waals surface area contributed by atoms with Gasteiger partial charge in [-0.05, 0) is 30.4 Å². The Kier molecular flexibility index (Phi) is 3.91. The molecule has 0 saturated heterocycles. The van der Waals surface area contributed by atoms with Crippen molar-refractivity contribution < 1.29 is 4.79 Å². The second-order valence-corrected chi connectivity index (χ2v) is 4.15. The van der Waals surface area contributed by atoms with Crippen LogP contribution in [0.25, 0.3) is 0 Å². The van der Waals surface area contributed by atoms with E-state index in [4.69, 9.17) is 5.84 Å². The van der Waals surface area contributed by atoms with E-state index in [1.807, 2.05) is 0 Å². The van der Waals surface area contributed by atoms with Crippen LogP contribution in [0.3, 0.4) is 0 Å². The first kappa shape index (κ1) is 11.0. The Morgan fingerprint density at radius 2 is 2.43 bits per heavy atom. The third-order valence-corrected chi connectivity index (χ3v) is 3.20. The molecule has 0 spiro atoms. The Morgan fingerprint density at radius 3 is 2.93 bits per heavy atom. The van der Waals surface area contributed by atoms with E-state index in [-0.39, 0.29) is 6.03 Å². The molecule has 0 unspecified atom stereocenters. The Morgan fingerprint density at radius 1 is 1.71 bits per heavy atom. The van der Waals surface area contributed by atoms with Crippen LogP contribution in [-0.2, 0) is 6.42 Å². The normalized spacial score (nSPS) is 9.93. The molecule has 0 aliphatic carbocycles. The third kappa shape index (κ3) is 2.71. The van der Waals surface area contributed by atoms with Gasteiger partial charge in [0.25, 0.3) is 0 Å². The average molecular weight is 213 g/mol. The smallest absolute Gasteiger partial charge is 0.326 e. The molecule has 78 valence electrons. The molecule has 1 rings (SSSR count). The van der Waals surface area contributed by atoms with Crippen molar-refractivity contribution in [2.24, 2.45) is 5.84 Å². The van der Waals surface area contributed by atoms with E-state index in [1.165, 1.54) is 10.4 Å². The Bertz CT molecular complexity index is 311. The van der Waals surface area contributed by atoms with Crippen molar-refractivity contribution in [3.63, 3.8) is 0 Å². The number of hydrogen-bond acceptors (Lipinski definition) is 3. The van der Waals surface area contributed by atoms with Crippen molar-refractivity contribution in [2.75, 3.05) is 13.6 Å². The molecule has 0 aromatic carbocycles. The summed E-state index contributed by atoms with van der Waals surface area (Å²) in [4.78, 5) is 13.9. The highest BCUT2D eigenvalue weighted by atomic mass is 32.1. The van der Waals surface area contributed by atoms with Gasteiger partial charge in [0.2, 0.25) is 0 Å². The molecular weight excluding hydrogens is 198 g/mol. The van der Waals surface area contributed by atoms with Gasteiger partial charge in [-0.15, -0.1) is 11.3 Å². The first-order valence-electron chi connectivity index (χ1n) is 4.40. The molecule has 2 amide bonds. The molecule has 1 aromatic rings. The number of nitrogens with two attached hydrogens (primary N) is 1. The Hall–Kier alpha value is -1.07. The molecular formula is C9H15N3OS. The number of aryl methyl sites for hydroxylation is 1. The fourth-order valence-corrected chi connectivity index (χ4v) is 2.04. The zero-order valence-corrected chi connectivity index (χ0v) is 9.23. The van der Waals surface area contributed by atoms with E-state index in [1.54, 1.807) is 23.3 Å². The molecule has 5 heteroatoms. The second-order valence-electron chi connectivity index (χ2n) is 3.15. The number of carbonyl (C=O) groups excluding carboxylic acids is 1. The summed E-state index contributed by atoms with van der Waals surface area (Å²) in [6.45, 7) is 2.76. The lowest BCUT2D eigenvalue weighted by atomic mass is 10.2. The standard InChI is InChI=1S/C9H15N3OS/c1-7-4-6-14-8(7)3-5-12(2)9(13)11-10/h4,6H,3,5,10H2,1-2H3,(H,11,13). The monoisotopic (exact) mass is 213 g/mol. The number of nitrogens with one attached hydrogen (secondary N) is 1. The van der Waals surface area contributed by atoms with Crippen LogP contribution in [0.2, 0.25) is 0 Å². The molecule has 14 heavy (non-hydrogen) atoms. The fourth-order valence-electron chi connectivity index (χ4n) is 1.14. The van der Waals surface area contributed by atoms with Gasteiger partial charge < -0.3 is 4.90 Å². The summed E-state index contributed by atoms with van der Waals surface area (Å²) in [6, 6.07) is 1.84. The van der Waals surface area contributed by atoms with Crippen LogP contribution in [0.15, 0.2) is 11.4 Å². The number of amides is 2. The first-order valence-corrected chi connectivity index (χ1v) is 5.27. The number of carbonyl (C=O) groups is 1. The molecule has 0 aliphatic heterocycles. The van der Waals surface area contributed by atoms with Crippen LogP contribution in [0.1, 0.15) is 10.4 Å². The summed E-state index contributed by atoms with van der Waals surface area (Å²) in [7, 11) is 1.73. The maximum absolute atomic E-state index is 11.0. The maximum Gasteiger partial charge on any atom is 0.331 e. The summed E-state index contributed by atoms with van der Waals surface area (Å²) in [5.74, 6) is 5.01. The molecule has 0 bridgehead atoms. The van der Waals surface area contributed by atoms with Gasteiger partial charge in [-0.2, -0.15) is 0 Å². The number of thiophene rings is 1. The van der Waals surface area contributed by atoms with Gasteiger partial charge in [0.1, 0.15) is 0 Å². The van der Waals surface area contributed by atoms with Gasteiger partial charge in [-0.25, -0.2) is 10.6 Å². The van der Waals surface area contributed by atoms with Crippen molar-refractivity contribution >= 4 is 17.4 Å². The quantitative estimate of drug-likeness (QED) is 0.449. The zero-order chi connectivity index (χ0) is 10.6. The molecule has 4 nitrogen and oxygen atoms in total. The fraction of sp³-hybridized carbons (Fsp3) is 0.444. The molecule has 1 aromatic heterocycles. The number of hydrazine groups is 1. The van der Waals surface area contributed by atoms with Crippen molar-refractivity contribution in [3.8, 4) is 0 Å². The number of rotatable bonds is 3. The molecule has 0 saturated carbocycles. The van der Waals surface area contributed by atoms with Crippen molar-refractivity contribution in [2.45, 2.75) is 13.3 Å². The number of hydrogen-bond donors (Lipinski definition) is 2. The Balaban J connectivity index is 2.41. The molecule has 1 heterocycles. The first-order chi connectivity index (χ1) is 6.65. The minimum Gasteiger partial charge on any atom is -0.326 e. The van der Waals surface area contributed by atoms with E-state index in [9.17, 15) is 4.79 Å². The summed E-state index contributed by atoms with van der Waals surface area (Å²) in [6.07, 6.45) is 0.882. The predicted molar refractivity (Wildman–Crippen MR) is 58.1 cm³/mol. The summed E-state index contributed by atoms with van der Waals surface area (Å²) >= 11 is 1.72. The molecule has 0 atom stereocenters. The van der Waals surface area contributed by atoms with Gasteiger partial charge in [0.15, 0.2) is 0 Å². The van der Waals surface area contributed by atoms with Crippen LogP contribution in [0.4, 0.5) is 4.79 Å². The third-order valence-electron chi connectivity index (χ3n) is 2.11. The maximum atomic E-state index is 11.0. The van der Waals surface area contributed by atoms with E-state index < -0.39 is 0 Å². The van der Waals surface area contributed by atoms with Crippen LogP contribution in [0.5, 0.6) is 0 Å². The minimum absolute atomic E-state index is 0.251. The highest BCUT2D eigenvalue weighted by Gasteiger charge is 2.07. The number of nitrogens with zero attached hydrogens (tertiary/aromatic N) is 1. The van der Waals surface area contributed by atoms with Crippen LogP contribution < -0.4 is 11.3 Å². The predicted octanol–water partition coefficient (Wildman–Crippen LogP) is 1.11. The van der Waals surface area contributed by atoms with E-state index in [2.05, 4.69) is 23.8 Å². The zero-order valence-electron chi connectivity index (χ0n) is 8.41. The second kappa shape index (κ2) is 4.97. The molecule has 0 aliphatic rings. The lowest BCUT2D eigenvalue weighted by Crippen LogP contribution is -2.41. The van der Waals surface area contributed by atoms with Crippen molar-refractivity contribution in [1.29, 1.82) is 0 Å². The lowest BCUT2D eigenvalue weighted by molar-refractivity contribution is 0.209. The summed E-state index contributed by atoms with van der Waals surface area (Å²) in [5.41, 5.74) is 3.39. The lowest BCUT2D eigenvalue weighted by Gasteiger charge is -2.15. The average Bonchev–Trinajstić information content (AvgIpc) is 2.59. The van der Waals surface area contributed by atoms with E-state index in [0.29, 0.717) is 6.54 Å². The van der Waals surface area contributed by atoms with Gasteiger partial charge in [0.05, 0.1) is 0 Å². The highest BCUT2D eigenvalue weighted by molar-refractivity contribution is 7.10. The van der Waals surface area contributed by atoms with Crippen molar-refractivity contribution in [1.82, 2.24) is 10.3 Å². The van der Waals surface area contributed by atoms with Crippen LogP contribution in [0, 0.1) is 6.92 Å². The minimum atomic E-state index is -0.251. The van der Waals surface area contributed by atoms with Gasteiger partial charge >= 0.3 is 6.03 Å². The largest absolute Gasteiger partial charge is 0.331 e. The van der Waals surface area contributed by atoms with E-state index >= 15 is 0 Å².